The Hall–Kier alpha value is -1.44. The summed E-state index contributed by atoms with van der Waals surface area (Å²) in [5.41, 5.74) is -0.354. The topological polar surface area (TPSA) is 92.7 Å². The van der Waals surface area contributed by atoms with Gasteiger partial charge in [0.25, 0.3) is 0 Å². The molecule has 0 aliphatic heterocycles. The van der Waals surface area contributed by atoms with Gasteiger partial charge < -0.3 is 9.84 Å². The average Bonchev–Trinajstić information content (AvgIpc) is 2.43. The van der Waals surface area contributed by atoms with Crippen molar-refractivity contribution in [3.05, 3.63) is 29.8 Å². The molecular formula is C14H19NO5S. The zero-order valence-corrected chi connectivity index (χ0v) is 13.0. The third-order valence-electron chi connectivity index (χ3n) is 4.15. The van der Waals surface area contributed by atoms with E-state index in [-0.39, 0.29) is 28.0 Å². The molecule has 7 heteroatoms. The molecule has 2 N–H and O–H groups in total. The number of carboxylic acid groups (broad SMARTS) is 1. The fraction of sp³-hybridized carbons (Fsp3) is 0.500. The molecule has 0 radical (unpaired) electrons. The molecule has 0 heterocycles. The standard InChI is InChI=1S/C14H19NO5S/c1-14(2)11(8-12(14)20-3)15-21(18,19)10-6-4-5-9(7-10)13(16)17/h4-7,11-12,15H,8H2,1-3H3,(H,16,17). The van der Waals surface area contributed by atoms with Crippen LogP contribution >= 0.6 is 0 Å². The molecular weight excluding hydrogens is 294 g/mol. The Bertz CT molecular complexity index is 653. The number of hydrogen-bond acceptors (Lipinski definition) is 4. The summed E-state index contributed by atoms with van der Waals surface area (Å²) in [7, 11) is -2.14. The lowest BCUT2D eigenvalue weighted by molar-refractivity contribution is -0.0908. The maximum atomic E-state index is 12.3. The molecule has 21 heavy (non-hydrogen) atoms. The highest BCUT2D eigenvalue weighted by atomic mass is 32.2. The van der Waals surface area contributed by atoms with E-state index in [1.165, 1.54) is 18.2 Å². The van der Waals surface area contributed by atoms with Crippen molar-refractivity contribution in [2.45, 2.75) is 37.3 Å². The first-order valence-electron chi connectivity index (χ1n) is 6.57. The highest BCUT2D eigenvalue weighted by Gasteiger charge is 2.50. The number of benzene rings is 1. The van der Waals surface area contributed by atoms with Gasteiger partial charge in [0.15, 0.2) is 0 Å². The zero-order chi connectivity index (χ0) is 15.8. The minimum absolute atomic E-state index is 0.00977. The average molecular weight is 313 g/mol. The summed E-state index contributed by atoms with van der Waals surface area (Å²) in [5.74, 6) is -1.16. The van der Waals surface area contributed by atoms with E-state index in [0.717, 1.165) is 6.07 Å². The van der Waals surface area contributed by atoms with Gasteiger partial charge >= 0.3 is 5.97 Å². The fourth-order valence-corrected chi connectivity index (χ4v) is 3.99. The Kier molecular flexibility index (Phi) is 4.10. The molecule has 0 amide bonds. The summed E-state index contributed by atoms with van der Waals surface area (Å²) in [5, 5.41) is 8.93. The molecule has 1 aromatic carbocycles. The number of sulfonamides is 1. The zero-order valence-electron chi connectivity index (χ0n) is 12.2. The number of hydrogen-bond donors (Lipinski definition) is 2. The molecule has 0 saturated heterocycles. The first-order chi connectivity index (χ1) is 9.68. The Labute approximate surface area is 124 Å². The number of rotatable bonds is 5. The van der Waals surface area contributed by atoms with Crippen molar-refractivity contribution < 1.29 is 23.1 Å². The largest absolute Gasteiger partial charge is 0.478 e. The van der Waals surface area contributed by atoms with Crippen molar-refractivity contribution >= 4 is 16.0 Å². The van der Waals surface area contributed by atoms with Crippen molar-refractivity contribution in [1.29, 1.82) is 0 Å². The van der Waals surface area contributed by atoms with E-state index < -0.39 is 16.0 Å². The summed E-state index contributed by atoms with van der Waals surface area (Å²) in [4.78, 5) is 10.9. The lowest BCUT2D eigenvalue weighted by Gasteiger charge is -2.50. The van der Waals surface area contributed by atoms with E-state index in [4.69, 9.17) is 9.84 Å². The molecule has 0 aromatic heterocycles. The van der Waals surface area contributed by atoms with Gasteiger partial charge in [0.2, 0.25) is 10.0 Å². The van der Waals surface area contributed by atoms with Crippen LogP contribution in [-0.4, -0.2) is 38.7 Å². The quantitative estimate of drug-likeness (QED) is 0.859. The van der Waals surface area contributed by atoms with E-state index in [1.807, 2.05) is 13.8 Å². The second kappa shape index (κ2) is 5.40. The highest BCUT2D eigenvalue weighted by Crippen LogP contribution is 2.43. The summed E-state index contributed by atoms with van der Waals surface area (Å²) in [6.45, 7) is 3.87. The van der Waals surface area contributed by atoms with E-state index in [2.05, 4.69) is 4.72 Å². The van der Waals surface area contributed by atoms with Crippen LogP contribution in [0.1, 0.15) is 30.6 Å². The van der Waals surface area contributed by atoms with Crippen LogP contribution in [0.5, 0.6) is 0 Å². The first kappa shape index (κ1) is 15.9. The molecule has 1 saturated carbocycles. The molecule has 2 atom stereocenters. The van der Waals surface area contributed by atoms with Crippen molar-refractivity contribution in [3.8, 4) is 0 Å². The minimum atomic E-state index is -3.75. The number of nitrogens with one attached hydrogen (secondary N) is 1. The lowest BCUT2D eigenvalue weighted by atomic mass is 9.65. The smallest absolute Gasteiger partial charge is 0.335 e. The third kappa shape index (κ3) is 2.95. The molecule has 1 aliphatic carbocycles. The van der Waals surface area contributed by atoms with Crippen LogP contribution in [0.15, 0.2) is 29.2 Å². The normalized spacial score (nSPS) is 24.3. The van der Waals surface area contributed by atoms with E-state index in [9.17, 15) is 13.2 Å². The van der Waals surface area contributed by atoms with E-state index in [1.54, 1.807) is 7.11 Å². The molecule has 2 rings (SSSR count). The second-order valence-electron chi connectivity index (χ2n) is 5.79. The van der Waals surface area contributed by atoms with Crippen molar-refractivity contribution in [2.24, 2.45) is 5.41 Å². The molecule has 6 nitrogen and oxygen atoms in total. The van der Waals surface area contributed by atoms with Crippen LogP contribution in [0.2, 0.25) is 0 Å². The van der Waals surface area contributed by atoms with Gasteiger partial charge in [-0.25, -0.2) is 17.9 Å². The second-order valence-corrected chi connectivity index (χ2v) is 7.50. The molecule has 116 valence electrons. The predicted molar refractivity (Wildman–Crippen MR) is 76.7 cm³/mol. The van der Waals surface area contributed by atoms with Crippen LogP contribution in [0.25, 0.3) is 0 Å². The summed E-state index contributed by atoms with van der Waals surface area (Å²) < 4.78 is 32.6. The van der Waals surface area contributed by atoms with E-state index in [0.29, 0.717) is 6.42 Å². The van der Waals surface area contributed by atoms with Gasteiger partial charge in [-0.1, -0.05) is 19.9 Å². The number of carbonyl (C=O) groups is 1. The van der Waals surface area contributed by atoms with Gasteiger partial charge in [0.05, 0.1) is 16.6 Å². The van der Waals surface area contributed by atoms with Gasteiger partial charge in [0, 0.05) is 18.6 Å². The van der Waals surface area contributed by atoms with Crippen LogP contribution in [0.3, 0.4) is 0 Å². The van der Waals surface area contributed by atoms with Crippen LogP contribution in [0.4, 0.5) is 0 Å². The Morgan fingerprint density at radius 3 is 2.62 bits per heavy atom. The Balaban J connectivity index is 2.20. The summed E-state index contributed by atoms with van der Waals surface area (Å²) in [6.07, 6.45) is 0.608. The minimum Gasteiger partial charge on any atom is -0.478 e. The lowest BCUT2D eigenvalue weighted by Crippen LogP contribution is -2.61. The van der Waals surface area contributed by atoms with Gasteiger partial charge in [-0.15, -0.1) is 0 Å². The summed E-state index contributed by atoms with van der Waals surface area (Å²) in [6, 6.07) is 5.08. The Morgan fingerprint density at radius 2 is 2.10 bits per heavy atom. The van der Waals surface area contributed by atoms with Gasteiger partial charge in [0.1, 0.15) is 0 Å². The number of ether oxygens (including phenoxy) is 1. The third-order valence-corrected chi connectivity index (χ3v) is 5.62. The first-order valence-corrected chi connectivity index (χ1v) is 8.05. The van der Waals surface area contributed by atoms with Crippen molar-refractivity contribution in [1.82, 2.24) is 4.72 Å². The monoisotopic (exact) mass is 313 g/mol. The maximum absolute atomic E-state index is 12.3. The molecule has 0 bridgehead atoms. The maximum Gasteiger partial charge on any atom is 0.335 e. The molecule has 2 unspecified atom stereocenters. The van der Waals surface area contributed by atoms with Crippen LogP contribution in [0, 0.1) is 5.41 Å². The number of aromatic carboxylic acids is 1. The van der Waals surface area contributed by atoms with Crippen LogP contribution in [-0.2, 0) is 14.8 Å². The number of carboxylic acids is 1. The van der Waals surface area contributed by atoms with Gasteiger partial charge in [-0.3, -0.25) is 0 Å². The van der Waals surface area contributed by atoms with Crippen molar-refractivity contribution in [2.75, 3.05) is 7.11 Å². The van der Waals surface area contributed by atoms with Gasteiger partial charge in [-0.2, -0.15) is 0 Å². The Morgan fingerprint density at radius 1 is 1.43 bits per heavy atom. The molecule has 1 aliphatic rings. The van der Waals surface area contributed by atoms with Crippen LogP contribution < -0.4 is 4.72 Å². The molecule has 0 spiro atoms. The SMILES string of the molecule is COC1CC(NS(=O)(=O)c2cccc(C(=O)O)c2)C1(C)C. The van der Waals surface area contributed by atoms with E-state index >= 15 is 0 Å². The number of methoxy groups -OCH3 is 1. The fourth-order valence-electron chi connectivity index (χ4n) is 2.54. The van der Waals surface area contributed by atoms with Gasteiger partial charge in [-0.05, 0) is 24.6 Å². The predicted octanol–water partition coefficient (Wildman–Crippen LogP) is 1.48. The van der Waals surface area contributed by atoms with Crippen molar-refractivity contribution in [3.63, 3.8) is 0 Å². The molecule has 1 aromatic rings. The summed E-state index contributed by atoms with van der Waals surface area (Å²) >= 11 is 0. The molecule has 1 fully saturated rings. The highest BCUT2D eigenvalue weighted by molar-refractivity contribution is 7.89.